The van der Waals surface area contributed by atoms with Crippen molar-refractivity contribution >= 4 is 17.3 Å². The van der Waals surface area contributed by atoms with Gasteiger partial charge in [-0.1, -0.05) is 12.1 Å². The van der Waals surface area contributed by atoms with Crippen LogP contribution >= 0.6 is 0 Å². The number of rotatable bonds is 5. The fourth-order valence-corrected chi connectivity index (χ4v) is 3.62. The highest BCUT2D eigenvalue weighted by molar-refractivity contribution is 5.79. The number of aromatic nitrogens is 2. The lowest BCUT2D eigenvalue weighted by Gasteiger charge is -2.33. The van der Waals surface area contributed by atoms with Crippen LogP contribution in [-0.4, -0.2) is 33.7 Å². The Morgan fingerprint density at radius 2 is 2.00 bits per heavy atom. The highest BCUT2D eigenvalue weighted by Crippen LogP contribution is 2.31. The number of aryl methyl sites for hydroxylation is 1. The number of carbonyl (C=O) groups is 1. The average molecular weight is 371 g/mol. The number of para-hydroxylation sites is 2. The van der Waals surface area contributed by atoms with Crippen LogP contribution in [0.3, 0.4) is 0 Å². The molecule has 0 saturated carbocycles. The number of anilines is 1. The number of benzene rings is 1. The molecule has 0 spiro atoms. The maximum Gasteiger partial charge on any atom is 0.292 e. The molecule has 1 aliphatic heterocycles. The second-order valence-electron chi connectivity index (χ2n) is 7.05. The zero-order valence-corrected chi connectivity index (χ0v) is 15.9. The predicted molar refractivity (Wildman–Crippen MR) is 103 cm³/mol. The summed E-state index contributed by atoms with van der Waals surface area (Å²) >= 11 is 0. The first kappa shape index (κ1) is 18.9. The van der Waals surface area contributed by atoms with Crippen LogP contribution in [-0.2, 0) is 11.8 Å². The quantitative estimate of drug-likeness (QED) is 0.644. The van der Waals surface area contributed by atoms with Crippen molar-refractivity contribution in [1.82, 2.24) is 15.1 Å². The number of amides is 1. The van der Waals surface area contributed by atoms with E-state index in [0.29, 0.717) is 31.6 Å². The summed E-state index contributed by atoms with van der Waals surface area (Å²) in [7, 11) is 1.88. The summed E-state index contributed by atoms with van der Waals surface area (Å²) in [4.78, 5) is 25.5. The predicted octanol–water partition coefficient (Wildman–Crippen LogP) is 2.73. The summed E-state index contributed by atoms with van der Waals surface area (Å²) < 4.78 is 1.79. The minimum Gasteiger partial charge on any atom is -0.366 e. The largest absolute Gasteiger partial charge is 0.366 e. The van der Waals surface area contributed by atoms with Gasteiger partial charge in [0.1, 0.15) is 5.69 Å². The average Bonchev–Trinajstić information content (AvgIpc) is 3.00. The molecule has 1 unspecified atom stereocenters. The topological polar surface area (TPSA) is 93.3 Å². The fraction of sp³-hybridized carbons (Fsp3) is 0.474. The zero-order valence-electron chi connectivity index (χ0n) is 15.9. The lowest BCUT2D eigenvalue weighted by Crippen LogP contribution is -2.41. The van der Waals surface area contributed by atoms with Gasteiger partial charge in [-0.25, -0.2) is 0 Å². The Bertz CT molecular complexity index is 840. The lowest BCUT2D eigenvalue weighted by molar-refractivity contribution is -0.384. The van der Waals surface area contributed by atoms with Crippen molar-refractivity contribution in [2.45, 2.75) is 32.7 Å². The third-order valence-corrected chi connectivity index (χ3v) is 5.38. The first-order valence-electron chi connectivity index (χ1n) is 9.15. The molecule has 2 aromatic rings. The summed E-state index contributed by atoms with van der Waals surface area (Å²) in [6.45, 7) is 5.20. The third kappa shape index (κ3) is 3.94. The monoisotopic (exact) mass is 371 g/mol. The van der Waals surface area contributed by atoms with Crippen LogP contribution in [0.25, 0.3) is 0 Å². The Balaban J connectivity index is 1.60. The van der Waals surface area contributed by atoms with E-state index in [1.165, 1.54) is 6.07 Å². The van der Waals surface area contributed by atoms with Crippen molar-refractivity contribution in [3.8, 4) is 0 Å². The number of nitro groups is 1. The SMILES string of the molecule is Cc1c(C(C)NC(=O)C2CCN(c3ccccc3[N+](=O)[O-])CC2)cnn1C. The van der Waals surface area contributed by atoms with Crippen molar-refractivity contribution in [2.24, 2.45) is 13.0 Å². The van der Waals surface area contributed by atoms with E-state index in [1.807, 2.05) is 25.8 Å². The maximum atomic E-state index is 12.7. The second kappa shape index (κ2) is 7.77. The number of nitro benzene ring substituents is 1. The van der Waals surface area contributed by atoms with E-state index in [-0.39, 0.29) is 28.5 Å². The fourth-order valence-electron chi connectivity index (χ4n) is 3.62. The highest BCUT2D eigenvalue weighted by Gasteiger charge is 2.29. The van der Waals surface area contributed by atoms with Gasteiger partial charge in [0.05, 0.1) is 17.2 Å². The molecule has 1 saturated heterocycles. The van der Waals surface area contributed by atoms with Crippen LogP contribution in [0.2, 0.25) is 0 Å². The van der Waals surface area contributed by atoms with E-state index < -0.39 is 0 Å². The van der Waals surface area contributed by atoms with E-state index in [9.17, 15) is 14.9 Å². The van der Waals surface area contributed by atoms with Gasteiger partial charge in [0, 0.05) is 43.4 Å². The molecule has 144 valence electrons. The van der Waals surface area contributed by atoms with Gasteiger partial charge in [-0.2, -0.15) is 5.10 Å². The first-order valence-corrected chi connectivity index (χ1v) is 9.15. The van der Waals surface area contributed by atoms with Gasteiger partial charge >= 0.3 is 0 Å². The van der Waals surface area contributed by atoms with Gasteiger partial charge in [0.25, 0.3) is 5.69 Å². The second-order valence-corrected chi connectivity index (χ2v) is 7.05. The van der Waals surface area contributed by atoms with Gasteiger partial charge in [-0.3, -0.25) is 19.6 Å². The Morgan fingerprint density at radius 3 is 2.59 bits per heavy atom. The van der Waals surface area contributed by atoms with Crippen molar-refractivity contribution < 1.29 is 9.72 Å². The van der Waals surface area contributed by atoms with Crippen LogP contribution in [0.1, 0.15) is 37.1 Å². The summed E-state index contributed by atoms with van der Waals surface area (Å²) in [6, 6.07) is 6.67. The van der Waals surface area contributed by atoms with E-state index in [0.717, 1.165) is 11.3 Å². The minimum atomic E-state index is -0.355. The van der Waals surface area contributed by atoms with Crippen molar-refractivity contribution in [1.29, 1.82) is 0 Å². The summed E-state index contributed by atoms with van der Waals surface area (Å²) in [5, 5.41) is 18.5. The van der Waals surface area contributed by atoms with Gasteiger partial charge in [-0.15, -0.1) is 0 Å². The van der Waals surface area contributed by atoms with E-state index in [1.54, 1.807) is 29.1 Å². The molecule has 8 heteroatoms. The first-order chi connectivity index (χ1) is 12.9. The minimum absolute atomic E-state index is 0.0352. The smallest absolute Gasteiger partial charge is 0.292 e. The molecule has 3 rings (SSSR count). The molecule has 0 aliphatic carbocycles. The Hall–Kier alpha value is -2.90. The maximum absolute atomic E-state index is 12.7. The Kier molecular flexibility index (Phi) is 5.43. The van der Waals surface area contributed by atoms with E-state index >= 15 is 0 Å². The van der Waals surface area contributed by atoms with Gasteiger partial charge in [0.2, 0.25) is 5.91 Å². The van der Waals surface area contributed by atoms with Crippen LogP contribution < -0.4 is 10.2 Å². The molecule has 1 aromatic carbocycles. The number of piperidine rings is 1. The molecular formula is C19H25N5O3. The van der Waals surface area contributed by atoms with Crippen molar-refractivity contribution in [3.63, 3.8) is 0 Å². The van der Waals surface area contributed by atoms with Gasteiger partial charge < -0.3 is 10.2 Å². The summed E-state index contributed by atoms with van der Waals surface area (Å²) in [5.41, 5.74) is 2.79. The van der Waals surface area contributed by atoms with Crippen LogP contribution in [0.15, 0.2) is 30.5 Å². The van der Waals surface area contributed by atoms with Crippen LogP contribution in [0, 0.1) is 23.0 Å². The van der Waals surface area contributed by atoms with Gasteiger partial charge in [-0.05, 0) is 32.8 Å². The zero-order chi connectivity index (χ0) is 19.6. The molecule has 0 bridgehead atoms. The Morgan fingerprint density at radius 1 is 1.33 bits per heavy atom. The van der Waals surface area contributed by atoms with E-state index in [2.05, 4.69) is 10.4 Å². The summed E-state index contributed by atoms with van der Waals surface area (Å²) in [6.07, 6.45) is 3.14. The van der Waals surface area contributed by atoms with Gasteiger partial charge in [0.15, 0.2) is 0 Å². The molecule has 1 atom stereocenters. The molecule has 1 N–H and O–H groups in total. The summed E-state index contributed by atoms with van der Waals surface area (Å²) in [5.74, 6) is -0.0450. The highest BCUT2D eigenvalue weighted by atomic mass is 16.6. The Labute approximate surface area is 158 Å². The van der Waals surface area contributed by atoms with Crippen molar-refractivity contribution in [2.75, 3.05) is 18.0 Å². The van der Waals surface area contributed by atoms with Crippen LogP contribution in [0.4, 0.5) is 11.4 Å². The molecule has 1 aliphatic rings. The number of hydrogen-bond donors (Lipinski definition) is 1. The third-order valence-electron chi connectivity index (χ3n) is 5.38. The molecule has 1 aromatic heterocycles. The standard InChI is InChI=1S/C19H25N5O3/c1-13(16-12-20-22(3)14(16)2)21-19(25)15-8-10-23(11-9-15)17-6-4-5-7-18(17)24(26)27/h4-7,12-13,15H,8-11H2,1-3H3,(H,21,25). The molecule has 27 heavy (non-hydrogen) atoms. The molecule has 1 amide bonds. The molecule has 0 radical (unpaired) electrons. The number of nitrogens with one attached hydrogen (secondary N) is 1. The number of carbonyl (C=O) groups excluding carboxylic acids is 1. The molecule has 2 heterocycles. The molecule has 8 nitrogen and oxygen atoms in total. The number of hydrogen-bond acceptors (Lipinski definition) is 5. The van der Waals surface area contributed by atoms with E-state index in [4.69, 9.17) is 0 Å². The number of nitrogens with zero attached hydrogens (tertiary/aromatic N) is 4. The normalized spacial score (nSPS) is 16.2. The van der Waals surface area contributed by atoms with Crippen LogP contribution in [0.5, 0.6) is 0 Å². The van der Waals surface area contributed by atoms with Crippen molar-refractivity contribution in [3.05, 3.63) is 51.8 Å². The lowest BCUT2D eigenvalue weighted by atomic mass is 9.94. The molecular weight excluding hydrogens is 346 g/mol. The molecule has 1 fully saturated rings.